The van der Waals surface area contributed by atoms with E-state index in [0.717, 1.165) is 11.1 Å². The molecule has 0 saturated heterocycles. The van der Waals surface area contributed by atoms with Crippen LogP contribution in [0, 0.1) is 5.82 Å². The number of hydrogen-bond donors (Lipinski definition) is 2. The molecule has 0 radical (unpaired) electrons. The summed E-state index contributed by atoms with van der Waals surface area (Å²) >= 11 is 0. The summed E-state index contributed by atoms with van der Waals surface area (Å²) in [5.41, 5.74) is 4.03. The van der Waals surface area contributed by atoms with Crippen LogP contribution in [-0.4, -0.2) is 19.0 Å². The fourth-order valence-electron chi connectivity index (χ4n) is 2.75. The van der Waals surface area contributed by atoms with Crippen LogP contribution in [0.5, 0.6) is 0 Å². The van der Waals surface area contributed by atoms with Crippen molar-refractivity contribution in [1.29, 1.82) is 0 Å². The van der Waals surface area contributed by atoms with E-state index < -0.39 is 5.97 Å². The van der Waals surface area contributed by atoms with Gasteiger partial charge in [-0.1, -0.05) is 18.2 Å². The molecule has 0 atom stereocenters. The van der Waals surface area contributed by atoms with Gasteiger partial charge in [-0.15, -0.1) is 0 Å². The van der Waals surface area contributed by atoms with E-state index in [0.29, 0.717) is 22.6 Å². The van der Waals surface area contributed by atoms with Gasteiger partial charge in [0.15, 0.2) is 0 Å². The number of nitrogens with one attached hydrogen (secondary N) is 2. The molecule has 0 fully saturated rings. The average Bonchev–Trinajstić information content (AvgIpc) is 2.69. The van der Waals surface area contributed by atoms with Crippen molar-refractivity contribution in [2.45, 2.75) is 6.92 Å². The Kier molecular flexibility index (Phi) is 5.69. The molecule has 0 aliphatic carbocycles. The Hall–Kier alpha value is -3.67. The number of methoxy groups -OCH3 is 1. The van der Waals surface area contributed by atoms with Gasteiger partial charge in [0.25, 0.3) is 0 Å². The molecule has 1 amide bonds. The minimum Gasteiger partial charge on any atom is -0.465 e. The summed E-state index contributed by atoms with van der Waals surface area (Å²) in [6.07, 6.45) is 0. The fourth-order valence-corrected chi connectivity index (χ4v) is 2.75. The summed E-state index contributed by atoms with van der Waals surface area (Å²) in [7, 11) is 1.32. The number of rotatable bonds is 5. The minimum atomic E-state index is -0.475. The smallest absolute Gasteiger partial charge is 0.339 e. The van der Waals surface area contributed by atoms with E-state index in [1.54, 1.807) is 30.3 Å². The van der Waals surface area contributed by atoms with Crippen LogP contribution in [0.4, 0.5) is 21.5 Å². The van der Waals surface area contributed by atoms with Gasteiger partial charge in [0.1, 0.15) is 5.82 Å². The summed E-state index contributed by atoms with van der Waals surface area (Å²) in [5, 5.41) is 5.86. The molecule has 0 bridgehead atoms. The molecule has 3 rings (SSSR count). The Morgan fingerprint density at radius 1 is 0.857 bits per heavy atom. The number of halogens is 1. The zero-order valence-corrected chi connectivity index (χ0v) is 15.5. The summed E-state index contributed by atoms with van der Waals surface area (Å²) in [6.45, 7) is 1.45. The summed E-state index contributed by atoms with van der Waals surface area (Å²) in [5.74, 6) is -0.954. The van der Waals surface area contributed by atoms with Gasteiger partial charge in [0.2, 0.25) is 5.91 Å². The van der Waals surface area contributed by atoms with E-state index in [-0.39, 0.29) is 11.7 Å². The number of carbonyl (C=O) groups is 2. The molecule has 0 spiro atoms. The first-order valence-electron chi connectivity index (χ1n) is 8.59. The van der Waals surface area contributed by atoms with Gasteiger partial charge < -0.3 is 15.4 Å². The normalized spacial score (nSPS) is 10.2. The zero-order valence-electron chi connectivity index (χ0n) is 15.5. The monoisotopic (exact) mass is 378 g/mol. The first-order valence-corrected chi connectivity index (χ1v) is 8.59. The van der Waals surface area contributed by atoms with Crippen LogP contribution in [0.3, 0.4) is 0 Å². The van der Waals surface area contributed by atoms with Crippen LogP contribution in [0.15, 0.2) is 66.7 Å². The Morgan fingerprint density at radius 2 is 1.46 bits per heavy atom. The Balaban J connectivity index is 1.95. The van der Waals surface area contributed by atoms with Crippen LogP contribution >= 0.6 is 0 Å². The SMILES string of the molecule is COC(=O)c1ccc(-c2ccc(NC(C)=O)cc2)cc1Nc1ccc(F)cc1. The highest BCUT2D eigenvalue weighted by Crippen LogP contribution is 2.29. The maximum Gasteiger partial charge on any atom is 0.339 e. The first-order chi connectivity index (χ1) is 13.5. The van der Waals surface area contributed by atoms with E-state index in [1.807, 2.05) is 24.3 Å². The molecular weight excluding hydrogens is 359 g/mol. The molecule has 28 heavy (non-hydrogen) atoms. The molecule has 3 aromatic carbocycles. The van der Waals surface area contributed by atoms with Crippen LogP contribution in [0.2, 0.25) is 0 Å². The highest BCUT2D eigenvalue weighted by Gasteiger charge is 2.14. The predicted octanol–water partition coefficient (Wildman–Crippen LogP) is 4.98. The molecule has 0 aromatic heterocycles. The number of amides is 1. The van der Waals surface area contributed by atoms with Crippen molar-refractivity contribution in [2.75, 3.05) is 17.7 Å². The molecule has 0 saturated carbocycles. The highest BCUT2D eigenvalue weighted by atomic mass is 19.1. The molecule has 142 valence electrons. The van der Waals surface area contributed by atoms with E-state index >= 15 is 0 Å². The van der Waals surface area contributed by atoms with Gasteiger partial charge in [0, 0.05) is 18.3 Å². The Labute approximate surface area is 162 Å². The topological polar surface area (TPSA) is 67.4 Å². The van der Waals surface area contributed by atoms with Gasteiger partial charge in [-0.25, -0.2) is 9.18 Å². The van der Waals surface area contributed by atoms with Crippen LogP contribution in [0.1, 0.15) is 17.3 Å². The van der Waals surface area contributed by atoms with Crippen molar-refractivity contribution in [3.8, 4) is 11.1 Å². The molecule has 0 heterocycles. The van der Waals surface area contributed by atoms with E-state index in [9.17, 15) is 14.0 Å². The second kappa shape index (κ2) is 8.35. The van der Waals surface area contributed by atoms with Crippen LogP contribution in [0.25, 0.3) is 11.1 Å². The number of benzene rings is 3. The lowest BCUT2D eigenvalue weighted by atomic mass is 10.0. The molecular formula is C22H19FN2O3. The van der Waals surface area contributed by atoms with Gasteiger partial charge >= 0.3 is 5.97 Å². The van der Waals surface area contributed by atoms with E-state index in [1.165, 1.54) is 26.2 Å². The average molecular weight is 378 g/mol. The van der Waals surface area contributed by atoms with Crippen molar-refractivity contribution in [1.82, 2.24) is 0 Å². The predicted molar refractivity (Wildman–Crippen MR) is 107 cm³/mol. The number of anilines is 3. The van der Waals surface area contributed by atoms with Gasteiger partial charge in [-0.3, -0.25) is 4.79 Å². The highest BCUT2D eigenvalue weighted by molar-refractivity contribution is 5.97. The minimum absolute atomic E-state index is 0.138. The van der Waals surface area contributed by atoms with Crippen LogP contribution in [-0.2, 0) is 9.53 Å². The molecule has 0 aliphatic rings. The second-order valence-electron chi connectivity index (χ2n) is 6.14. The number of ether oxygens (including phenoxy) is 1. The van der Waals surface area contributed by atoms with Crippen molar-refractivity contribution < 1.29 is 18.7 Å². The molecule has 6 heteroatoms. The standard InChI is InChI=1S/C22H19FN2O3/c1-14(26)24-18-8-3-15(4-9-18)16-5-12-20(22(27)28-2)21(13-16)25-19-10-6-17(23)7-11-19/h3-13,25H,1-2H3,(H,24,26). The van der Waals surface area contributed by atoms with Gasteiger partial charge in [-0.2, -0.15) is 0 Å². The van der Waals surface area contributed by atoms with E-state index in [4.69, 9.17) is 4.74 Å². The maximum atomic E-state index is 13.2. The van der Waals surface area contributed by atoms with Gasteiger partial charge in [0.05, 0.1) is 18.4 Å². The number of hydrogen-bond acceptors (Lipinski definition) is 4. The summed E-state index contributed by atoms with van der Waals surface area (Å²) < 4.78 is 18.0. The van der Waals surface area contributed by atoms with Crippen molar-refractivity contribution in [3.63, 3.8) is 0 Å². The number of esters is 1. The molecule has 2 N–H and O–H groups in total. The quantitative estimate of drug-likeness (QED) is 0.615. The van der Waals surface area contributed by atoms with Gasteiger partial charge in [-0.05, 0) is 59.7 Å². The number of carbonyl (C=O) groups excluding carboxylic acids is 2. The lowest BCUT2D eigenvalue weighted by molar-refractivity contribution is -0.114. The summed E-state index contributed by atoms with van der Waals surface area (Å²) in [4.78, 5) is 23.3. The van der Waals surface area contributed by atoms with Crippen LogP contribution < -0.4 is 10.6 Å². The third-order valence-electron chi connectivity index (χ3n) is 4.09. The lowest BCUT2D eigenvalue weighted by Crippen LogP contribution is -2.06. The van der Waals surface area contributed by atoms with Crippen molar-refractivity contribution >= 4 is 28.9 Å². The van der Waals surface area contributed by atoms with Crippen molar-refractivity contribution in [2.24, 2.45) is 0 Å². The molecule has 3 aromatic rings. The Morgan fingerprint density at radius 3 is 2.07 bits per heavy atom. The molecule has 0 unspecified atom stereocenters. The van der Waals surface area contributed by atoms with Crippen molar-refractivity contribution in [3.05, 3.63) is 78.1 Å². The summed E-state index contributed by atoms with van der Waals surface area (Å²) in [6, 6.07) is 18.5. The molecule has 5 nitrogen and oxygen atoms in total. The second-order valence-corrected chi connectivity index (χ2v) is 6.14. The molecule has 0 aliphatic heterocycles. The Bertz CT molecular complexity index is 999. The van der Waals surface area contributed by atoms with E-state index in [2.05, 4.69) is 10.6 Å². The first kappa shape index (κ1) is 19.1. The lowest BCUT2D eigenvalue weighted by Gasteiger charge is -2.13. The third kappa shape index (κ3) is 4.54. The largest absolute Gasteiger partial charge is 0.465 e. The maximum absolute atomic E-state index is 13.2. The third-order valence-corrected chi connectivity index (χ3v) is 4.09. The fraction of sp³-hybridized carbons (Fsp3) is 0.0909. The zero-order chi connectivity index (χ0) is 20.1.